The van der Waals surface area contributed by atoms with Gasteiger partial charge in [-0.15, -0.1) is 0 Å². The van der Waals surface area contributed by atoms with Crippen LogP contribution in [-0.4, -0.2) is 16.2 Å². The van der Waals surface area contributed by atoms with Crippen molar-refractivity contribution in [2.75, 3.05) is 0 Å². The first-order chi connectivity index (χ1) is 8.56. The maximum Gasteiger partial charge on any atom is 0.311 e. The standard InChI is InChI=1S/C14H15NO3/c1-9(2)10-3-5-11(6-4-10)13-7-12(18-15-13)8-14(16)17/h3-7,9H,8H2,1-2H3,(H,16,17). The van der Waals surface area contributed by atoms with Gasteiger partial charge in [0.2, 0.25) is 0 Å². The van der Waals surface area contributed by atoms with E-state index in [0.717, 1.165) is 5.56 Å². The third-order valence-corrected chi connectivity index (χ3v) is 2.76. The lowest BCUT2D eigenvalue weighted by molar-refractivity contribution is -0.136. The lowest BCUT2D eigenvalue weighted by atomic mass is 10.0. The second-order valence-electron chi connectivity index (χ2n) is 4.53. The predicted octanol–water partition coefficient (Wildman–Crippen LogP) is 3.09. The molecule has 4 nitrogen and oxygen atoms in total. The number of carboxylic acid groups (broad SMARTS) is 1. The fraction of sp³-hybridized carbons (Fsp3) is 0.286. The van der Waals surface area contributed by atoms with Crippen LogP contribution < -0.4 is 0 Å². The van der Waals surface area contributed by atoms with E-state index < -0.39 is 5.97 Å². The van der Waals surface area contributed by atoms with Crippen molar-refractivity contribution in [2.24, 2.45) is 0 Å². The van der Waals surface area contributed by atoms with Crippen LogP contribution in [0.4, 0.5) is 0 Å². The highest BCUT2D eigenvalue weighted by Gasteiger charge is 2.09. The van der Waals surface area contributed by atoms with E-state index in [2.05, 4.69) is 19.0 Å². The zero-order valence-electron chi connectivity index (χ0n) is 10.4. The largest absolute Gasteiger partial charge is 0.481 e. The average Bonchev–Trinajstić information content (AvgIpc) is 2.76. The maximum atomic E-state index is 10.5. The number of hydrogen-bond acceptors (Lipinski definition) is 3. The summed E-state index contributed by atoms with van der Waals surface area (Å²) in [6, 6.07) is 9.70. The number of carboxylic acids is 1. The zero-order valence-corrected chi connectivity index (χ0v) is 10.4. The topological polar surface area (TPSA) is 63.3 Å². The summed E-state index contributed by atoms with van der Waals surface area (Å²) in [5, 5.41) is 12.5. The Hall–Kier alpha value is -2.10. The molecule has 1 aromatic heterocycles. The normalized spacial score (nSPS) is 10.8. The molecule has 0 radical (unpaired) electrons. The molecule has 1 aromatic carbocycles. The zero-order chi connectivity index (χ0) is 13.1. The third-order valence-electron chi connectivity index (χ3n) is 2.76. The first-order valence-corrected chi connectivity index (χ1v) is 5.84. The van der Waals surface area contributed by atoms with Gasteiger partial charge in [0.15, 0.2) is 0 Å². The summed E-state index contributed by atoms with van der Waals surface area (Å²) < 4.78 is 4.98. The van der Waals surface area contributed by atoms with Crippen LogP contribution in [0.5, 0.6) is 0 Å². The van der Waals surface area contributed by atoms with Crippen molar-refractivity contribution in [3.8, 4) is 11.3 Å². The smallest absolute Gasteiger partial charge is 0.311 e. The number of carbonyl (C=O) groups is 1. The van der Waals surface area contributed by atoms with Gasteiger partial charge in [-0.25, -0.2) is 0 Å². The summed E-state index contributed by atoms with van der Waals surface area (Å²) >= 11 is 0. The number of aliphatic carboxylic acids is 1. The lowest BCUT2D eigenvalue weighted by Gasteiger charge is -2.04. The molecule has 1 N–H and O–H groups in total. The van der Waals surface area contributed by atoms with E-state index in [-0.39, 0.29) is 6.42 Å². The molecule has 2 rings (SSSR count). The van der Waals surface area contributed by atoms with Crippen molar-refractivity contribution in [2.45, 2.75) is 26.2 Å². The van der Waals surface area contributed by atoms with Gasteiger partial charge in [0.05, 0.1) is 0 Å². The van der Waals surface area contributed by atoms with Gasteiger partial charge >= 0.3 is 5.97 Å². The highest BCUT2D eigenvalue weighted by molar-refractivity contribution is 5.70. The van der Waals surface area contributed by atoms with Gasteiger partial charge in [0.1, 0.15) is 17.9 Å². The first kappa shape index (κ1) is 12.4. The Morgan fingerprint density at radius 2 is 2.00 bits per heavy atom. The molecule has 0 aliphatic heterocycles. The van der Waals surface area contributed by atoms with Gasteiger partial charge in [0.25, 0.3) is 0 Å². The van der Waals surface area contributed by atoms with E-state index in [4.69, 9.17) is 9.63 Å². The summed E-state index contributed by atoms with van der Waals surface area (Å²) in [6.07, 6.45) is -0.142. The Morgan fingerprint density at radius 1 is 1.33 bits per heavy atom. The van der Waals surface area contributed by atoms with Gasteiger partial charge in [-0.2, -0.15) is 0 Å². The second-order valence-corrected chi connectivity index (χ2v) is 4.53. The molecule has 0 aliphatic carbocycles. The van der Waals surface area contributed by atoms with Crippen molar-refractivity contribution in [1.82, 2.24) is 5.16 Å². The van der Waals surface area contributed by atoms with Gasteiger partial charge < -0.3 is 9.63 Å². The number of benzene rings is 1. The Bertz CT molecular complexity index is 540. The van der Waals surface area contributed by atoms with Gasteiger partial charge in [0, 0.05) is 11.6 Å². The third kappa shape index (κ3) is 2.77. The summed E-state index contributed by atoms with van der Waals surface area (Å²) in [4.78, 5) is 10.5. The summed E-state index contributed by atoms with van der Waals surface area (Å²) in [5.74, 6) is -0.0720. The van der Waals surface area contributed by atoms with Crippen molar-refractivity contribution in [1.29, 1.82) is 0 Å². The van der Waals surface area contributed by atoms with E-state index in [1.807, 2.05) is 24.3 Å². The maximum absolute atomic E-state index is 10.5. The fourth-order valence-electron chi connectivity index (χ4n) is 1.72. The quantitative estimate of drug-likeness (QED) is 0.899. The molecule has 0 aliphatic rings. The summed E-state index contributed by atoms with van der Waals surface area (Å²) in [7, 11) is 0. The molecule has 0 spiro atoms. The molecule has 0 amide bonds. The molecule has 4 heteroatoms. The lowest BCUT2D eigenvalue weighted by Crippen LogP contribution is -1.97. The number of nitrogens with zero attached hydrogens (tertiary/aromatic N) is 1. The SMILES string of the molecule is CC(C)c1ccc(-c2cc(CC(=O)O)on2)cc1. The summed E-state index contributed by atoms with van der Waals surface area (Å²) in [6.45, 7) is 4.27. The number of aromatic nitrogens is 1. The Kier molecular flexibility index (Phi) is 3.46. The molecule has 0 saturated carbocycles. The van der Waals surface area contributed by atoms with Crippen molar-refractivity contribution >= 4 is 5.97 Å². The molecule has 0 bridgehead atoms. The van der Waals surface area contributed by atoms with Gasteiger partial charge in [-0.1, -0.05) is 43.3 Å². The average molecular weight is 245 g/mol. The van der Waals surface area contributed by atoms with Crippen LogP contribution in [0.2, 0.25) is 0 Å². The Labute approximate surface area is 105 Å². The van der Waals surface area contributed by atoms with E-state index in [0.29, 0.717) is 17.4 Å². The van der Waals surface area contributed by atoms with Crippen LogP contribution in [0.25, 0.3) is 11.3 Å². The minimum absolute atomic E-state index is 0.142. The molecule has 18 heavy (non-hydrogen) atoms. The minimum atomic E-state index is -0.923. The molecular weight excluding hydrogens is 230 g/mol. The summed E-state index contributed by atoms with van der Waals surface area (Å²) in [5.41, 5.74) is 2.86. The van der Waals surface area contributed by atoms with Crippen LogP contribution >= 0.6 is 0 Å². The molecule has 94 valence electrons. The highest BCUT2D eigenvalue weighted by atomic mass is 16.5. The van der Waals surface area contributed by atoms with Crippen LogP contribution in [0.1, 0.15) is 31.1 Å². The van der Waals surface area contributed by atoms with Crippen LogP contribution in [0.15, 0.2) is 34.9 Å². The van der Waals surface area contributed by atoms with E-state index in [1.165, 1.54) is 5.56 Å². The molecule has 0 unspecified atom stereocenters. The predicted molar refractivity (Wildman–Crippen MR) is 67.4 cm³/mol. The molecule has 1 heterocycles. The van der Waals surface area contributed by atoms with Crippen molar-refractivity contribution < 1.29 is 14.4 Å². The molecule has 2 aromatic rings. The first-order valence-electron chi connectivity index (χ1n) is 5.84. The molecule has 0 atom stereocenters. The highest BCUT2D eigenvalue weighted by Crippen LogP contribution is 2.22. The van der Waals surface area contributed by atoms with Crippen LogP contribution in [0.3, 0.4) is 0 Å². The van der Waals surface area contributed by atoms with Crippen LogP contribution in [-0.2, 0) is 11.2 Å². The van der Waals surface area contributed by atoms with E-state index >= 15 is 0 Å². The van der Waals surface area contributed by atoms with E-state index in [9.17, 15) is 4.79 Å². The fourth-order valence-corrected chi connectivity index (χ4v) is 1.72. The van der Waals surface area contributed by atoms with E-state index in [1.54, 1.807) is 6.07 Å². The second kappa shape index (κ2) is 5.04. The monoisotopic (exact) mass is 245 g/mol. The number of hydrogen-bond donors (Lipinski definition) is 1. The minimum Gasteiger partial charge on any atom is -0.481 e. The van der Waals surface area contributed by atoms with Crippen molar-refractivity contribution in [3.05, 3.63) is 41.7 Å². The molecular formula is C14H15NO3. The van der Waals surface area contributed by atoms with Gasteiger partial charge in [-0.3, -0.25) is 4.79 Å². The Balaban J connectivity index is 2.20. The van der Waals surface area contributed by atoms with Crippen LogP contribution in [0, 0.1) is 0 Å². The Morgan fingerprint density at radius 3 is 2.56 bits per heavy atom. The molecule has 0 saturated heterocycles. The molecule has 0 fully saturated rings. The van der Waals surface area contributed by atoms with Gasteiger partial charge in [-0.05, 0) is 11.5 Å². The van der Waals surface area contributed by atoms with Crippen molar-refractivity contribution in [3.63, 3.8) is 0 Å². The number of rotatable bonds is 4.